The standard InChI is InChI=1S/C28H39FN2O6SSi/c1-19(32)36-21-15-13-20(14-16-21)25-28(5,6)37-26(31-38(25,33)34)30-24(22-11-9-10-12-23(22)29)17-18-35-39(7,8)27(2,3)4/h9-16,24-25H,17-18H2,1-8H3,(H,30,31). The summed E-state index contributed by atoms with van der Waals surface area (Å²) in [6.45, 7) is 15.6. The van der Waals surface area contributed by atoms with Gasteiger partial charge in [0.15, 0.2) is 8.32 Å². The van der Waals surface area contributed by atoms with Crippen molar-refractivity contribution < 1.29 is 31.5 Å². The third-order valence-electron chi connectivity index (χ3n) is 7.17. The SMILES string of the molecule is CC(=O)Oc1ccc(C2C(C)(C)OC(=NC(CCO[Si](C)(C)C(C)(C)C)c3ccccc3F)NS2(=O)=O)cc1. The number of nitrogens with one attached hydrogen (secondary N) is 1. The highest BCUT2D eigenvalue weighted by Crippen LogP contribution is 2.40. The summed E-state index contributed by atoms with van der Waals surface area (Å²) >= 11 is 0. The van der Waals surface area contributed by atoms with Crippen molar-refractivity contribution in [3.63, 3.8) is 0 Å². The van der Waals surface area contributed by atoms with E-state index in [0.29, 0.717) is 29.9 Å². The van der Waals surface area contributed by atoms with E-state index in [9.17, 15) is 17.6 Å². The molecule has 0 bridgehead atoms. The number of benzene rings is 2. The van der Waals surface area contributed by atoms with Crippen molar-refractivity contribution in [1.29, 1.82) is 0 Å². The minimum absolute atomic E-state index is 0.00390. The smallest absolute Gasteiger partial charge is 0.308 e. The monoisotopic (exact) mass is 578 g/mol. The number of carbonyl (C=O) groups excluding carboxylic acids is 1. The molecule has 0 saturated carbocycles. The second kappa shape index (κ2) is 11.4. The van der Waals surface area contributed by atoms with Crippen molar-refractivity contribution in [3.8, 4) is 5.75 Å². The molecule has 39 heavy (non-hydrogen) atoms. The molecule has 1 fully saturated rings. The zero-order chi connectivity index (χ0) is 29.2. The van der Waals surface area contributed by atoms with Gasteiger partial charge in [-0.15, -0.1) is 0 Å². The summed E-state index contributed by atoms with van der Waals surface area (Å²) in [4.78, 5) is 15.8. The fourth-order valence-electron chi connectivity index (χ4n) is 4.21. The number of amidine groups is 1. The van der Waals surface area contributed by atoms with Crippen LogP contribution in [-0.4, -0.2) is 40.9 Å². The number of halogens is 1. The Morgan fingerprint density at radius 3 is 2.31 bits per heavy atom. The molecule has 1 N–H and O–H groups in total. The molecule has 1 saturated heterocycles. The molecule has 11 heteroatoms. The molecular weight excluding hydrogens is 539 g/mol. The zero-order valence-electron chi connectivity index (χ0n) is 23.9. The molecule has 2 atom stereocenters. The van der Waals surface area contributed by atoms with Gasteiger partial charge in [0.25, 0.3) is 6.02 Å². The molecule has 1 aliphatic rings. The van der Waals surface area contributed by atoms with Crippen LogP contribution < -0.4 is 9.46 Å². The first-order valence-electron chi connectivity index (χ1n) is 12.9. The molecule has 1 heterocycles. The number of sulfonamides is 1. The maximum absolute atomic E-state index is 14.8. The predicted octanol–water partition coefficient (Wildman–Crippen LogP) is 6.03. The molecule has 214 valence electrons. The molecule has 0 spiro atoms. The van der Waals surface area contributed by atoms with Gasteiger partial charge in [-0.2, -0.15) is 0 Å². The maximum Gasteiger partial charge on any atom is 0.308 e. The van der Waals surface area contributed by atoms with Crippen molar-refractivity contribution in [2.75, 3.05) is 6.61 Å². The van der Waals surface area contributed by atoms with Crippen LogP contribution in [0.1, 0.15) is 70.4 Å². The third kappa shape index (κ3) is 7.46. The normalized spacial score (nSPS) is 20.5. The minimum Gasteiger partial charge on any atom is -0.457 e. The average molecular weight is 579 g/mol. The molecule has 2 aromatic rings. The van der Waals surface area contributed by atoms with E-state index in [1.54, 1.807) is 44.2 Å². The fourth-order valence-corrected chi connectivity index (χ4v) is 7.03. The van der Waals surface area contributed by atoms with Gasteiger partial charge in [-0.05, 0) is 62.2 Å². The summed E-state index contributed by atoms with van der Waals surface area (Å²) in [5, 5.41) is -1.08. The molecule has 0 aliphatic carbocycles. The number of hydrogen-bond acceptors (Lipinski definition) is 7. The van der Waals surface area contributed by atoms with Crippen LogP contribution in [0.25, 0.3) is 0 Å². The predicted molar refractivity (Wildman–Crippen MR) is 152 cm³/mol. The van der Waals surface area contributed by atoms with Crippen LogP contribution in [0.5, 0.6) is 5.75 Å². The van der Waals surface area contributed by atoms with Crippen LogP contribution in [0.4, 0.5) is 4.39 Å². The first-order chi connectivity index (χ1) is 17.9. The van der Waals surface area contributed by atoms with Gasteiger partial charge in [0, 0.05) is 19.1 Å². The zero-order valence-corrected chi connectivity index (χ0v) is 25.7. The fraction of sp³-hybridized carbons (Fsp3) is 0.500. The number of hydrogen-bond donors (Lipinski definition) is 1. The first-order valence-corrected chi connectivity index (χ1v) is 17.3. The molecule has 0 radical (unpaired) electrons. The summed E-state index contributed by atoms with van der Waals surface area (Å²) in [7, 11) is -6.06. The van der Waals surface area contributed by atoms with E-state index in [0.717, 1.165) is 0 Å². The molecule has 8 nitrogen and oxygen atoms in total. The Morgan fingerprint density at radius 2 is 1.77 bits per heavy atom. The molecule has 0 aromatic heterocycles. The lowest BCUT2D eigenvalue weighted by Crippen LogP contribution is -2.53. The number of rotatable bonds is 8. The summed E-state index contributed by atoms with van der Waals surface area (Å²) in [6.07, 6.45) is 0.337. The van der Waals surface area contributed by atoms with Crippen LogP contribution in [-0.2, 0) is 24.0 Å². The van der Waals surface area contributed by atoms with Gasteiger partial charge in [0.2, 0.25) is 10.0 Å². The Labute approximate surface area is 232 Å². The van der Waals surface area contributed by atoms with E-state index in [1.807, 2.05) is 0 Å². The number of ether oxygens (including phenoxy) is 2. The number of esters is 1. The molecule has 2 aromatic carbocycles. The molecule has 2 unspecified atom stereocenters. The lowest BCUT2D eigenvalue weighted by Gasteiger charge is -2.39. The van der Waals surface area contributed by atoms with E-state index in [-0.39, 0.29) is 11.1 Å². The van der Waals surface area contributed by atoms with Crippen molar-refractivity contribution in [2.24, 2.45) is 4.99 Å². The first kappa shape index (κ1) is 30.8. The summed E-state index contributed by atoms with van der Waals surface area (Å²) in [5.41, 5.74) is -0.438. The molecule has 3 rings (SSSR count). The average Bonchev–Trinajstić information content (AvgIpc) is 2.77. The summed E-state index contributed by atoms with van der Waals surface area (Å²) in [6, 6.07) is 11.6. The summed E-state index contributed by atoms with van der Waals surface area (Å²) in [5.74, 6) is -0.609. The Bertz CT molecular complexity index is 1320. The van der Waals surface area contributed by atoms with Crippen LogP contribution >= 0.6 is 0 Å². The van der Waals surface area contributed by atoms with E-state index in [2.05, 4.69) is 43.6 Å². The minimum atomic E-state index is -4.00. The molecule has 0 amide bonds. The Morgan fingerprint density at radius 1 is 1.15 bits per heavy atom. The van der Waals surface area contributed by atoms with Crippen molar-refractivity contribution >= 4 is 30.3 Å². The lowest BCUT2D eigenvalue weighted by molar-refractivity contribution is -0.131. The van der Waals surface area contributed by atoms with Gasteiger partial charge in [0.1, 0.15) is 22.4 Å². The van der Waals surface area contributed by atoms with E-state index < -0.39 is 47.0 Å². The maximum atomic E-state index is 14.8. The highest BCUT2D eigenvalue weighted by atomic mass is 32.2. The number of nitrogens with zero attached hydrogens (tertiary/aromatic N) is 1. The highest BCUT2D eigenvalue weighted by Gasteiger charge is 2.48. The van der Waals surface area contributed by atoms with E-state index >= 15 is 0 Å². The lowest BCUT2D eigenvalue weighted by atomic mass is 9.97. The Balaban J connectivity index is 1.90. The van der Waals surface area contributed by atoms with Gasteiger partial charge >= 0.3 is 5.97 Å². The Kier molecular flexibility index (Phi) is 8.98. The molecular formula is C28H39FN2O6SSi. The second-order valence-corrected chi connectivity index (χ2v) is 18.3. The topological polar surface area (TPSA) is 103 Å². The quantitative estimate of drug-likeness (QED) is 0.233. The van der Waals surface area contributed by atoms with Gasteiger partial charge < -0.3 is 13.9 Å². The van der Waals surface area contributed by atoms with Gasteiger partial charge in [0.05, 0.1) is 6.04 Å². The largest absolute Gasteiger partial charge is 0.457 e. The highest BCUT2D eigenvalue weighted by molar-refractivity contribution is 7.90. The number of carbonyl (C=O) groups is 1. The third-order valence-corrected chi connectivity index (χ3v) is 13.6. The van der Waals surface area contributed by atoms with Crippen molar-refractivity contribution in [1.82, 2.24) is 4.72 Å². The summed E-state index contributed by atoms with van der Waals surface area (Å²) < 4.78 is 61.6. The van der Waals surface area contributed by atoms with Crippen LogP contribution in [0.15, 0.2) is 53.5 Å². The Hall–Kier alpha value is -2.76. The van der Waals surface area contributed by atoms with Crippen LogP contribution in [0, 0.1) is 5.82 Å². The van der Waals surface area contributed by atoms with Crippen molar-refractivity contribution in [2.45, 2.75) is 83.0 Å². The van der Waals surface area contributed by atoms with Gasteiger partial charge in [-0.3, -0.25) is 4.79 Å². The second-order valence-electron chi connectivity index (χ2n) is 11.8. The van der Waals surface area contributed by atoms with E-state index in [1.165, 1.54) is 25.1 Å². The number of aliphatic imine (C=N–C) groups is 1. The van der Waals surface area contributed by atoms with E-state index in [4.69, 9.17) is 13.9 Å². The molecule has 1 aliphatic heterocycles. The van der Waals surface area contributed by atoms with Crippen LogP contribution in [0.2, 0.25) is 18.1 Å². The van der Waals surface area contributed by atoms with Crippen LogP contribution in [0.3, 0.4) is 0 Å². The van der Waals surface area contributed by atoms with Gasteiger partial charge in [-0.1, -0.05) is 51.1 Å². The van der Waals surface area contributed by atoms with Crippen molar-refractivity contribution in [3.05, 3.63) is 65.5 Å². The van der Waals surface area contributed by atoms with Gasteiger partial charge in [-0.25, -0.2) is 22.5 Å².